The highest BCUT2D eigenvalue weighted by molar-refractivity contribution is 6.27. The van der Waals surface area contributed by atoms with Crippen LogP contribution in [0, 0.1) is 0 Å². The maximum atomic E-state index is 4.79. The molecule has 0 aliphatic heterocycles. The molecule has 1 heterocycles. The Labute approximate surface area is 142 Å². The summed E-state index contributed by atoms with van der Waals surface area (Å²) in [6.07, 6.45) is 1.98. The zero-order valence-corrected chi connectivity index (χ0v) is 14.6. The van der Waals surface area contributed by atoms with Crippen molar-refractivity contribution in [2.45, 2.75) is 39.0 Å². The van der Waals surface area contributed by atoms with Gasteiger partial charge in [-0.25, -0.2) is 0 Å². The average Bonchev–Trinajstić information content (AvgIpc) is 2.83. The number of rotatable bonds is 1. The summed E-state index contributed by atoms with van der Waals surface area (Å²) in [6, 6.07) is 15.9. The number of hydrogen-bond acceptors (Lipinski definition) is 1. The van der Waals surface area contributed by atoms with E-state index in [0.29, 0.717) is 5.92 Å². The first-order valence-corrected chi connectivity index (χ1v) is 8.78. The van der Waals surface area contributed by atoms with Crippen LogP contribution in [-0.2, 0) is 5.41 Å². The average molecular weight is 311 g/mol. The minimum absolute atomic E-state index is 0.0429. The fraction of sp³-hybridized carbons (Fsp3) is 0.261. The molecule has 3 aromatic carbocycles. The van der Waals surface area contributed by atoms with Crippen molar-refractivity contribution in [3.63, 3.8) is 0 Å². The normalized spacial score (nSPS) is 15.4. The Morgan fingerprint density at radius 1 is 0.833 bits per heavy atom. The fourth-order valence-electron chi connectivity index (χ4n) is 4.50. The summed E-state index contributed by atoms with van der Waals surface area (Å²) in [5.41, 5.74) is 5.44. The summed E-state index contributed by atoms with van der Waals surface area (Å²) >= 11 is 0. The number of nitrogens with zero attached hydrogens (tertiary/aromatic N) is 1. The number of pyridine rings is 1. The second-order valence-corrected chi connectivity index (χ2v) is 7.89. The van der Waals surface area contributed by atoms with Crippen molar-refractivity contribution in [3.8, 4) is 0 Å². The third-order valence-electron chi connectivity index (χ3n) is 5.87. The maximum absolute atomic E-state index is 4.79. The van der Waals surface area contributed by atoms with E-state index in [1.54, 1.807) is 0 Å². The van der Waals surface area contributed by atoms with E-state index in [2.05, 4.69) is 70.2 Å². The van der Waals surface area contributed by atoms with E-state index in [1.165, 1.54) is 43.6 Å². The van der Waals surface area contributed by atoms with E-state index in [1.807, 2.05) is 6.20 Å². The molecule has 0 radical (unpaired) electrons. The van der Waals surface area contributed by atoms with Crippen LogP contribution in [0.3, 0.4) is 0 Å². The second kappa shape index (κ2) is 4.36. The monoisotopic (exact) mass is 311 g/mol. The number of aromatic nitrogens is 1. The van der Waals surface area contributed by atoms with Gasteiger partial charge >= 0.3 is 0 Å². The van der Waals surface area contributed by atoms with E-state index >= 15 is 0 Å². The molecule has 0 amide bonds. The first-order valence-electron chi connectivity index (χ1n) is 8.78. The summed E-state index contributed by atoms with van der Waals surface area (Å²) < 4.78 is 0. The van der Waals surface area contributed by atoms with Crippen molar-refractivity contribution >= 4 is 32.4 Å². The lowest BCUT2D eigenvalue weighted by Crippen LogP contribution is -2.15. The van der Waals surface area contributed by atoms with Gasteiger partial charge in [-0.05, 0) is 44.8 Å². The molecule has 5 rings (SSSR count). The molecule has 1 aliphatic rings. The molecule has 0 fully saturated rings. The van der Waals surface area contributed by atoms with E-state index in [4.69, 9.17) is 4.98 Å². The molecule has 0 atom stereocenters. The maximum Gasteiger partial charge on any atom is 0.0789 e. The van der Waals surface area contributed by atoms with Crippen molar-refractivity contribution < 1.29 is 0 Å². The SMILES string of the molecule is CC(C)c1ccc2c(c1)c1cccc3c1c1c(ccnc21)C3(C)C. The third-order valence-corrected chi connectivity index (χ3v) is 5.87. The molecular formula is C23H21N. The highest BCUT2D eigenvalue weighted by atomic mass is 14.7. The molecule has 24 heavy (non-hydrogen) atoms. The molecule has 0 spiro atoms. The number of fused-ring (bicyclic) bond motifs is 3. The Hall–Kier alpha value is -2.41. The molecule has 1 aromatic heterocycles. The molecule has 0 saturated carbocycles. The van der Waals surface area contributed by atoms with Gasteiger partial charge in [0, 0.05) is 22.4 Å². The molecule has 1 heteroatoms. The largest absolute Gasteiger partial charge is 0.256 e. The molecular weight excluding hydrogens is 290 g/mol. The Kier molecular flexibility index (Phi) is 2.54. The van der Waals surface area contributed by atoms with E-state index in [0.717, 1.165) is 5.52 Å². The van der Waals surface area contributed by atoms with Gasteiger partial charge in [-0.2, -0.15) is 0 Å². The summed E-state index contributed by atoms with van der Waals surface area (Å²) in [5.74, 6) is 0.532. The second-order valence-electron chi connectivity index (χ2n) is 7.89. The lowest BCUT2D eigenvalue weighted by atomic mass is 9.82. The fourth-order valence-corrected chi connectivity index (χ4v) is 4.50. The zero-order chi connectivity index (χ0) is 16.6. The van der Waals surface area contributed by atoms with Crippen LogP contribution in [0.4, 0.5) is 0 Å². The van der Waals surface area contributed by atoms with Crippen LogP contribution < -0.4 is 0 Å². The van der Waals surface area contributed by atoms with Crippen LogP contribution in [0.2, 0.25) is 0 Å². The van der Waals surface area contributed by atoms with Gasteiger partial charge in [-0.15, -0.1) is 0 Å². The minimum Gasteiger partial charge on any atom is -0.256 e. The van der Waals surface area contributed by atoms with Gasteiger partial charge in [0.2, 0.25) is 0 Å². The van der Waals surface area contributed by atoms with Gasteiger partial charge < -0.3 is 0 Å². The van der Waals surface area contributed by atoms with Crippen LogP contribution in [0.1, 0.15) is 50.3 Å². The molecule has 0 saturated heterocycles. The Morgan fingerprint density at radius 2 is 1.62 bits per heavy atom. The predicted molar refractivity (Wildman–Crippen MR) is 103 cm³/mol. The first kappa shape index (κ1) is 14.0. The summed E-state index contributed by atoms with van der Waals surface area (Å²) in [6.45, 7) is 9.18. The zero-order valence-electron chi connectivity index (χ0n) is 14.6. The van der Waals surface area contributed by atoms with Crippen molar-refractivity contribution in [2.75, 3.05) is 0 Å². The number of benzene rings is 3. The van der Waals surface area contributed by atoms with Crippen molar-refractivity contribution in [1.82, 2.24) is 4.98 Å². The predicted octanol–water partition coefficient (Wildman–Crippen LogP) is 6.30. The highest BCUT2D eigenvalue weighted by Crippen LogP contribution is 2.50. The standard InChI is InChI=1S/C23H21N/c1-13(2)14-8-9-16-17(12-14)15-6-5-7-18-20(15)21-19(23(18,3)4)10-11-24-22(16)21/h5-13H,1-4H3. The van der Waals surface area contributed by atoms with Crippen molar-refractivity contribution in [1.29, 1.82) is 0 Å². The summed E-state index contributed by atoms with van der Waals surface area (Å²) in [7, 11) is 0. The lowest BCUT2D eigenvalue weighted by Gasteiger charge is -2.21. The van der Waals surface area contributed by atoms with E-state index < -0.39 is 0 Å². The molecule has 1 nitrogen and oxygen atoms in total. The molecule has 0 unspecified atom stereocenters. The van der Waals surface area contributed by atoms with E-state index in [-0.39, 0.29) is 5.41 Å². The Morgan fingerprint density at radius 3 is 2.42 bits per heavy atom. The van der Waals surface area contributed by atoms with Gasteiger partial charge in [0.1, 0.15) is 0 Å². The van der Waals surface area contributed by atoms with Crippen molar-refractivity contribution in [3.05, 3.63) is 65.4 Å². The van der Waals surface area contributed by atoms with Gasteiger partial charge in [0.05, 0.1) is 5.52 Å². The lowest BCUT2D eigenvalue weighted by molar-refractivity contribution is 0.662. The van der Waals surface area contributed by atoms with E-state index in [9.17, 15) is 0 Å². The topological polar surface area (TPSA) is 12.9 Å². The molecule has 118 valence electrons. The first-order chi connectivity index (χ1) is 11.5. The molecule has 4 aromatic rings. The molecule has 1 aliphatic carbocycles. The Bertz CT molecular complexity index is 1150. The number of hydrogen-bond donors (Lipinski definition) is 0. The minimum atomic E-state index is 0.0429. The smallest absolute Gasteiger partial charge is 0.0789 e. The van der Waals surface area contributed by atoms with Crippen LogP contribution in [0.25, 0.3) is 32.4 Å². The van der Waals surface area contributed by atoms with Gasteiger partial charge in [0.15, 0.2) is 0 Å². The van der Waals surface area contributed by atoms with Crippen molar-refractivity contribution in [2.24, 2.45) is 0 Å². The van der Waals surface area contributed by atoms with Crippen LogP contribution in [-0.4, -0.2) is 4.98 Å². The van der Waals surface area contributed by atoms with Gasteiger partial charge in [-0.1, -0.05) is 64.1 Å². The van der Waals surface area contributed by atoms with Crippen LogP contribution in [0.15, 0.2) is 48.7 Å². The quantitative estimate of drug-likeness (QED) is 0.376. The van der Waals surface area contributed by atoms with Crippen LogP contribution in [0.5, 0.6) is 0 Å². The van der Waals surface area contributed by atoms with Gasteiger partial charge in [0.25, 0.3) is 0 Å². The third kappa shape index (κ3) is 1.53. The molecule has 0 bridgehead atoms. The highest BCUT2D eigenvalue weighted by Gasteiger charge is 2.34. The van der Waals surface area contributed by atoms with Gasteiger partial charge in [-0.3, -0.25) is 4.98 Å². The molecule has 0 N–H and O–H groups in total. The summed E-state index contributed by atoms with van der Waals surface area (Å²) in [5, 5.41) is 6.76. The van der Waals surface area contributed by atoms with Crippen LogP contribution >= 0.6 is 0 Å². The summed E-state index contributed by atoms with van der Waals surface area (Å²) in [4.78, 5) is 4.79. The Balaban J connectivity index is 2.12.